The number of nitrogens with zero attached hydrogens (tertiary/aromatic N) is 3. The van der Waals surface area contributed by atoms with Crippen LogP contribution in [0.5, 0.6) is 0 Å². The van der Waals surface area contributed by atoms with Crippen molar-refractivity contribution in [2.24, 2.45) is 7.05 Å². The highest BCUT2D eigenvalue weighted by Crippen LogP contribution is 2.26. The van der Waals surface area contributed by atoms with E-state index in [1.165, 1.54) is 0 Å². The van der Waals surface area contributed by atoms with E-state index >= 15 is 0 Å². The zero-order valence-electron chi connectivity index (χ0n) is 9.30. The lowest BCUT2D eigenvalue weighted by molar-refractivity contribution is -0.388. The van der Waals surface area contributed by atoms with Crippen LogP contribution in [0.15, 0.2) is 12.2 Å². The van der Waals surface area contributed by atoms with E-state index in [0.717, 1.165) is 12.8 Å². The highest BCUT2D eigenvalue weighted by atomic mass is 16.6. The number of hydrogen-bond acceptors (Lipinski definition) is 4. The smallest absolute Gasteiger partial charge is 0.361 e. The third-order valence-electron chi connectivity index (χ3n) is 2.82. The molecule has 0 aliphatic heterocycles. The van der Waals surface area contributed by atoms with Crippen LogP contribution in [0.3, 0.4) is 0 Å². The topological polar surface area (TPSA) is 73.0 Å². The Morgan fingerprint density at radius 3 is 2.75 bits per heavy atom. The van der Waals surface area contributed by atoms with Crippen molar-refractivity contribution < 1.29 is 4.92 Å². The van der Waals surface area contributed by atoms with Gasteiger partial charge in [0.15, 0.2) is 0 Å². The number of rotatable bonds is 3. The van der Waals surface area contributed by atoms with Crippen molar-refractivity contribution in [2.75, 3.05) is 5.32 Å². The quantitative estimate of drug-likeness (QED) is 0.480. The maximum absolute atomic E-state index is 10.8. The zero-order valence-corrected chi connectivity index (χ0v) is 9.30. The van der Waals surface area contributed by atoms with Crippen molar-refractivity contribution >= 4 is 11.6 Å². The van der Waals surface area contributed by atoms with Crippen LogP contribution in [0.4, 0.5) is 11.6 Å². The largest absolute Gasteiger partial charge is 0.406 e. The van der Waals surface area contributed by atoms with Crippen molar-refractivity contribution in [3.8, 4) is 0 Å². The molecule has 0 saturated carbocycles. The van der Waals surface area contributed by atoms with Gasteiger partial charge in [0.05, 0.1) is 0 Å². The first-order valence-electron chi connectivity index (χ1n) is 5.19. The number of aryl methyl sites for hydroxylation is 1. The molecule has 6 nitrogen and oxygen atoms in total. The van der Waals surface area contributed by atoms with Gasteiger partial charge in [-0.3, -0.25) is 4.57 Å². The molecule has 0 unspecified atom stereocenters. The second-order valence-electron chi connectivity index (χ2n) is 3.93. The van der Waals surface area contributed by atoms with Crippen LogP contribution in [0.25, 0.3) is 0 Å². The molecule has 0 amide bonds. The van der Waals surface area contributed by atoms with Gasteiger partial charge in [0, 0.05) is 20.0 Å². The van der Waals surface area contributed by atoms with Crippen molar-refractivity contribution in [2.45, 2.75) is 25.8 Å². The lowest BCUT2D eigenvalue weighted by Crippen LogP contribution is -2.18. The Morgan fingerprint density at radius 2 is 2.19 bits per heavy atom. The highest BCUT2D eigenvalue weighted by molar-refractivity contribution is 5.54. The standard InChI is InChI=1S/C10H14N4O2/c1-7-11-10(14(15)16)9(13(7)2)12-8-5-3-4-6-8/h3-4,8,12H,5-6H2,1-2H3. The summed E-state index contributed by atoms with van der Waals surface area (Å²) in [5.41, 5.74) is 0. The van der Waals surface area contributed by atoms with Crippen LogP contribution in [0, 0.1) is 17.0 Å². The predicted octanol–water partition coefficient (Wildman–Crippen LogP) is 1.77. The van der Waals surface area contributed by atoms with E-state index in [2.05, 4.69) is 22.5 Å². The van der Waals surface area contributed by atoms with Crippen LogP contribution in [-0.4, -0.2) is 20.5 Å². The monoisotopic (exact) mass is 222 g/mol. The Hall–Kier alpha value is -1.85. The van der Waals surface area contributed by atoms with Crippen LogP contribution in [0.1, 0.15) is 18.7 Å². The van der Waals surface area contributed by atoms with E-state index in [4.69, 9.17) is 0 Å². The molecule has 86 valence electrons. The Bertz CT molecular complexity index is 442. The number of nitrogens with one attached hydrogen (secondary N) is 1. The van der Waals surface area contributed by atoms with Gasteiger partial charge in [0.1, 0.15) is 0 Å². The molecule has 0 aromatic carbocycles. The average Bonchev–Trinajstić information content (AvgIpc) is 2.81. The number of aromatic nitrogens is 2. The summed E-state index contributed by atoms with van der Waals surface area (Å²) in [5.74, 6) is 1.04. The van der Waals surface area contributed by atoms with Crippen molar-refractivity contribution in [3.63, 3.8) is 0 Å². The molecule has 1 aliphatic rings. The molecule has 1 aromatic heterocycles. The van der Waals surface area contributed by atoms with E-state index < -0.39 is 4.92 Å². The van der Waals surface area contributed by atoms with Crippen molar-refractivity contribution in [1.82, 2.24) is 9.55 Å². The number of imidazole rings is 1. The van der Waals surface area contributed by atoms with Gasteiger partial charge >= 0.3 is 5.82 Å². The maximum Gasteiger partial charge on any atom is 0.406 e. The highest BCUT2D eigenvalue weighted by Gasteiger charge is 2.25. The summed E-state index contributed by atoms with van der Waals surface area (Å²) in [6.07, 6.45) is 5.96. The molecule has 0 fully saturated rings. The molecule has 1 aromatic rings. The minimum Gasteiger partial charge on any atom is -0.361 e. The van der Waals surface area contributed by atoms with Gasteiger partial charge in [0.2, 0.25) is 11.6 Å². The fourth-order valence-electron chi connectivity index (χ4n) is 1.81. The number of hydrogen-bond donors (Lipinski definition) is 1. The van der Waals surface area contributed by atoms with Crippen LogP contribution in [0.2, 0.25) is 0 Å². The molecule has 1 aliphatic carbocycles. The molecule has 6 heteroatoms. The van der Waals surface area contributed by atoms with E-state index in [1.54, 1.807) is 18.5 Å². The summed E-state index contributed by atoms with van der Waals surface area (Å²) in [4.78, 5) is 14.3. The molecule has 16 heavy (non-hydrogen) atoms. The summed E-state index contributed by atoms with van der Waals surface area (Å²) in [7, 11) is 1.78. The molecule has 0 spiro atoms. The minimum absolute atomic E-state index is 0.0908. The lowest BCUT2D eigenvalue weighted by Gasteiger charge is -2.12. The summed E-state index contributed by atoms with van der Waals surface area (Å²) in [6, 6.07) is 0.244. The average molecular weight is 222 g/mol. The Labute approximate surface area is 93.1 Å². The second kappa shape index (κ2) is 3.96. The third kappa shape index (κ3) is 1.78. The van der Waals surface area contributed by atoms with Gasteiger partial charge in [-0.1, -0.05) is 12.2 Å². The van der Waals surface area contributed by atoms with Crippen LogP contribution < -0.4 is 5.32 Å². The molecular weight excluding hydrogens is 208 g/mol. The molecule has 0 radical (unpaired) electrons. The van der Waals surface area contributed by atoms with E-state index in [9.17, 15) is 10.1 Å². The third-order valence-corrected chi connectivity index (χ3v) is 2.82. The first kappa shape index (κ1) is 10.7. The lowest BCUT2D eigenvalue weighted by atomic mass is 10.2. The fourth-order valence-corrected chi connectivity index (χ4v) is 1.81. The maximum atomic E-state index is 10.8. The second-order valence-corrected chi connectivity index (χ2v) is 3.93. The number of anilines is 1. The van der Waals surface area contributed by atoms with E-state index in [0.29, 0.717) is 11.6 Å². The summed E-state index contributed by atoms with van der Waals surface area (Å²) in [6.45, 7) is 1.76. The Morgan fingerprint density at radius 1 is 1.56 bits per heavy atom. The van der Waals surface area contributed by atoms with Crippen molar-refractivity contribution in [1.29, 1.82) is 0 Å². The molecule has 1 N–H and O–H groups in total. The first-order chi connectivity index (χ1) is 7.59. The summed E-state index contributed by atoms with van der Waals surface area (Å²) < 4.78 is 1.72. The molecule has 0 atom stereocenters. The molecule has 1 heterocycles. The van der Waals surface area contributed by atoms with Crippen molar-refractivity contribution in [3.05, 3.63) is 28.1 Å². The Balaban J connectivity index is 2.27. The van der Waals surface area contributed by atoms with Gasteiger partial charge in [-0.05, 0) is 22.7 Å². The summed E-state index contributed by atoms with van der Waals surface area (Å²) >= 11 is 0. The first-order valence-corrected chi connectivity index (χ1v) is 5.19. The van der Waals surface area contributed by atoms with Crippen LogP contribution in [-0.2, 0) is 7.05 Å². The molecule has 0 saturated heterocycles. The normalized spacial score (nSPS) is 15.6. The van der Waals surface area contributed by atoms with E-state index in [-0.39, 0.29) is 11.9 Å². The minimum atomic E-state index is -0.447. The fraction of sp³-hybridized carbons (Fsp3) is 0.500. The molecule has 2 rings (SSSR count). The van der Waals surface area contributed by atoms with Crippen LogP contribution >= 0.6 is 0 Å². The van der Waals surface area contributed by atoms with Gasteiger partial charge < -0.3 is 15.4 Å². The van der Waals surface area contributed by atoms with Gasteiger partial charge in [-0.25, -0.2) is 0 Å². The van der Waals surface area contributed by atoms with Gasteiger partial charge in [-0.2, -0.15) is 0 Å². The SMILES string of the molecule is Cc1nc([N+](=O)[O-])c(NC2CC=CC2)n1C. The number of nitro groups is 1. The molecular formula is C10H14N4O2. The molecule has 0 bridgehead atoms. The Kier molecular flexibility index (Phi) is 2.64. The van der Waals surface area contributed by atoms with Gasteiger partial charge in [0.25, 0.3) is 0 Å². The summed E-state index contributed by atoms with van der Waals surface area (Å²) in [5, 5.41) is 14.0. The van der Waals surface area contributed by atoms with Gasteiger partial charge in [-0.15, -0.1) is 0 Å². The predicted molar refractivity (Wildman–Crippen MR) is 60.4 cm³/mol. The zero-order chi connectivity index (χ0) is 11.7. The van der Waals surface area contributed by atoms with E-state index in [1.807, 2.05) is 0 Å².